The fourth-order valence-corrected chi connectivity index (χ4v) is 3.10. The SMILES string of the molecule is CCNC(=NCc1ccn[nH]1)NCCC1CCCC(C)C1.I. The predicted octanol–water partition coefficient (Wildman–Crippen LogP) is 3.30. The highest BCUT2D eigenvalue weighted by molar-refractivity contribution is 14.0. The molecule has 0 radical (unpaired) electrons. The predicted molar refractivity (Wildman–Crippen MR) is 103 cm³/mol. The second-order valence-electron chi connectivity index (χ2n) is 6.13. The van der Waals surface area contributed by atoms with Crippen LogP contribution in [0.4, 0.5) is 0 Å². The second-order valence-corrected chi connectivity index (χ2v) is 6.13. The van der Waals surface area contributed by atoms with Gasteiger partial charge < -0.3 is 10.6 Å². The van der Waals surface area contributed by atoms with Crippen LogP contribution < -0.4 is 10.6 Å². The number of aliphatic imine (C=N–C) groups is 1. The molecule has 2 rings (SSSR count). The highest BCUT2D eigenvalue weighted by atomic mass is 127. The van der Waals surface area contributed by atoms with Crippen LogP contribution in [0.2, 0.25) is 0 Å². The van der Waals surface area contributed by atoms with Crippen LogP contribution in [-0.4, -0.2) is 29.2 Å². The van der Waals surface area contributed by atoms with Gasteiger partial charge in [0.1, 0.15) is 0 Å². The van der Waals surface area contributed by atoms with Gasteiger partial charge in [-0.15, -0.1) is 24.0 Å². The number of halogens is 1. The second kappa shape index (κ2) is 10.9. The summed E-state index contributed by atoms with van der Waals surface area (Å²) in [5, 5.41) is 13.6. The van der Waals surface area contributed by atoms with E-state index in [9.17, 15) is 0 Å². The molecular formula is C16H30IN5. The monoisotopic (exact) mass is 419 g/mol. The summed E-state index contributed by atoms with van der Waals surface area (Å²) in [4.78, 5) is 4.58. The average Bonchev–Trinajstić information content (AvgIpc) is 2.98. The lowest BCUT2D eigenvalue weighted by Gasteiger charge is -2.26. The summed E-state index contributed by atoms with van der Waals surface area (Å²) < 4.78 is 0. The van der Waals surface area contributed by atoms with E-state index in [4.69, 9.17) is 0 Å². The Hall–Kier alpha value is -0.790. The maximum Gasteiger partial charge on any atom is 0.191 e. The van der Waals surface area contributed by atoms with Gasteiger partial charge in [0.05, 0.1) is 12.2 Å². The molecular weight excluding hydrogens is 389 g/mol. The molecule has 1 aromatic rings. The Morgan fingerprint density at radius 2 is 2.27 bits per heavy atom. The highest BCUT2D eigenvalue weighted by Gasteiger charge is 2.18. The van der Waals surface area contributed by atoms with Crippen molar-refractivity contribution in [2.75, 3.05) is 13.1 Å². The van der Waals surface area contributed by atoms with Gasteiger partial charge in [0.25, 0.3) is 0 Å². The zero-order valence-corrected chi connectivity index (χ0v) is 16.1. The molecule has 126 valence electrons. The Morgan fingerprint density at radius 3 is 2.95 bits per heavy atom. The minimum absolute atomic E-state index is 0. The fourth-order valence-electron chi connectivity index (χ4n) is 3.10. The summed E-state index contributed by atoms with van der Waals surface area (Å²) in [6.07, 6.45) is 8.61. The van der Waals surface area contributed by atoms with Crippen molar-refractivity contribution in [2.45, 2.75) is 52.5 Å². The first-order valence-electron chi connectivity index (χ1n) is 8.28. The molecule has 0 aromatic carbocycles. The van der Waals surface area contributed by atoms with E-state index >= 15 is 0 Å². The molecule has 1 fully saturated rings. The van der Waals surface area contributed by atoms with Crippen LogP contribution in [0.15, 0.2) is 17.3 Å². The van der Waals surface area contributed by atoms with Gasteiger partial charge in [-0.2, -0.15) is 5.10 Å². The summed E-state index contributed by atoms with van der Waals surface area (Å²) >= 11 is 0. The highest BCUT2D eigenvalue weighted by Crippen LogP contribution is 2.30. The third-order valence-electron chi connectivity index (χ3n) is 4.20. The quantitative estimate of drug-likeness (QED) is 0.377. The number of nitrogens with one attached hydrogen (secondary N) is 3. The third kappa shape index (κ3) is 6.98. The molecule has 6 heteroatoms. The zero-order valence-electron chi connectivity index (χ0n) is 13.8. The smallest absolute Gasteiger partial charge is 0.191 e. The van der Waals surface area contributed by atoms with Gasteiger partial charge >= 0.3 is 0 Å². The van der Waals surface area contributed by atoms with E-state index in [-0.39, 0.29) is 24.0 Å². The largest absolute Gasteiger partial charge is 0.357 e. The molecule has 1 aromatic heterocycles. The van der Waals surface area contributed by atoms with Gasteiger partial charge in [-0.05, 0) is 37.7 Å². The van der Waals surface area contributed by atoms with Crippen LogP contribution in [0.1, 0.15) is 51.6 Å². The molecule has 2 atom stereocenters. The molecule has 3 N–H and O–H groups in total. The van der Waals surface area contributed by atoms with E-state index in [0.717, 1.165) is 36.6 Å². The molecule has 1 heterocycles. The molecule has 0 saturated heterocycles. The van der Waals surface area contributed by atoms with Gasteiger partial charge in [0.15, 0.2) is 5.96 Å². The lowest BCUT2D eigenvalue weighted by atomic mass is 9.81. The molecule has 22 heavy (non-hydrogen) atoms. The van der Waals surface area contributed by atoms with E-state index in [0.29, 0.717) is 6.54 Å². The standard InChI is InChI=1S/C16H29N5.HI/c1-3-17-16(19-12-15-8-10-20-21-15)18-9-7-14-6-4-5-13(2)11-14;/h8,10,13-14H,3-7,9,11-12H2,1-2H3,(H,20,21)(H2,17,18,19);1H. The maximum absolute atomic E-state index is 4.58. The molecule has 0 aliphatic heterocycles. The number of hydrogen-bond acceptors (Lipinski definition) is 2. The Morgan fingerprint density at radius 1 is 1.41 bits per heavy atom. The molecule has 0 bridgehead atoms. The van der Waals surface area contributed by atoms with E-state index < -0.39 is 0 Å². The van der Waals surface area contributed by atoms with E-state index in [1.165, 1.54) is 32.1 Å². The van der Waals surface area contributed by atoms with E-state index in [1.54, 1.807) is 6.20 Å². The van der Waals surface area contributed by atoms with Gasteiger partial charge in [0, 0.05) is 19.3 Å². The topological polar surface area (TPSA) is 65.1 Å². The molecule has 1 aliphatic rings. The number of guanidine groups is 1. The summed E-state index contributed by atoms with van der Waals surface area (Å²) in [6, 6.07) is 1.95. The summed E-state index contributed by atoms with van der Waals surface area (Å²) in [7, 11) is 0. The number of rotatable bonds is 6. The minimum atomic E-state index is 0. The van der Waals surface area contributed by atoms with Crippen molar-refractivity contribution in [1.29, 1.82) is 0 Å². The molecule has 0 amide bonds. The third-order valence-corrected chi connectivity index (χ3v) is 4.20. The fraction of sp³-hybridized carbons (Fsp3) is 0.750. The lowest BCUT2D eigenvalue weighted by molar-refractivity contribution is 0.270. The van der Waals surface area contributed by atoms with Gasteiger partial charge in [-0.3, -0.25) is 5.10 Å². The van der Waals surface area contributed by atoms with Gasteiger partial charge in [-0.25, -0.2) is 4.99 Å². The summed E-state index contributed by atoms with van der Waals surface area (Å²) in [5.74, 6) is 2.69. The molecule has 5 nitrogen and oxygen atoms in total. The molecule has 2 unspecified atom stereocenters. The van der Waals surface area contributed by atoms with E-state index in [2.05, 4.69) is 39.7 Å². The van der Waals surface area contributed by atoms with Crippen LogP contribution in [0.25, 0.3) is 0 Å². The van der Waals surface area contributed by atoms with Crippen molar-refractivity contribution in [3.63, 3.8) is 0 Å². The average molecular weight is 419 g/mol. The van der Waals surface area contributed by atoms with Crippen LogP contribution in [0, 0.1) is 11.8 Å². The lowest BCUT2D eigenvalue weighted by Crippen LogP contribution is -2.38. The number of aromatic amines is 1. The van der Waals surface area contributed by atoms with Crippen LogP contribution >= 0.6 is 24.0 Å². The Balaban J connectivity index is 0.00000242. The Bertz CT molecular complexity index is 418. The van der Waals surface area contributed by atoms with E-state index in [1.807, 2.05) is 6.07 Å². The first-order valence-corrected chi connectivity index (χ1v) is 8.28. The number of aromatic nitrogens is 2. The number of nitrogens with zero attached hydrogens (tertiary/aromatic N) is 2. The maximum atomic E-state index is 4.58. The first kappa shape index (κ1) is 19.3. The van der Waals surface area contributed by atoms with Crippen LogP contribution in [0.5, 0.6) is 0 Å². The molecule has 1 aliphatic carbocycles. The Kier molecular flexibility index (Phi) is 9.50. The van der Waals surface area contributed by atoms with Crippen LogP contribution in [0.3, 0.4) is 0 Å². The molecule has 1 saturated carbocycles. The minimum Gasteiger partial charge on any atom is -0.357 e. The molecule has 0 spiro atoms. The van der Waals surface area contributed by atoms with Crippen molar-refractivity contribution in [3.05, 3.63) is 18.0 Å². The zero-order chi connectivity index (χ0) is 14.9. The van der Waals surface area contributed by atoms with Crippen LogP contribution in [-0.2, 0) is 6.54 Å². The normalized spacial score (nSPS) is 22.0. The van der Waals surface area contributed by atoms with Crippen molar-refractivity contribution in [1.82, 2.24) is 20.8 Å². The van der Waals surface area contributed by atoms with Crippen molar-refractivity contribution in [2.24, 2.45) is 16.8 Å². The van der Waals surface area contributed by atoms with Crippen molar-refractivity contribution in [3.8, 4) is 0 Å². The number of hydrogen-bond donors (Lipinski definition) is 3. The summed E-state index contributed by atoms with van der Waals surface area (Å²) in [6.45, 7) is 7.00. The first-order chi connectivity index (χ1) is 10.3. The number of H-pyrrole nitrogens is 1. The van der Waals surface area contributed by atoms with Crippen molar-refractivity contribution >= 4 is 29.9 Å². The summed E-state index contributed by atoms with van der Waals surface area (Å²) in [5.41, 5.74) is 1.04. The van der Waals surface area contributed by atoms with Gasteiger partial charge in [0.2, 0.25) is 0 Å². The van der Waals surface area contributed by atoms with Gasteiger partial charge in [-0.1, -0.05) is 26.2 Å². The van der Waals surface area contributed by atoms with Crippen molar-refractivity contribution < 1.29 is 0 Å². The Labute approximate surface area is 151 Å².